The molecule has 28 nitrogen and oxygen atoms in total. The van der Waals surface area contributed by atoms with Gasteiger partial charge in [0, 0.05) is 88.9 Å². The average Bonchev–Trinajstić information content (AvgIpc) is 0.811. The number of amides is 13. The van der Waals surface area contributed by atoms with E-state index >= 15 is 38.4 Å². The monoisotopic (exact) mass is 1540 g/mol. The summed E-state index contributed by atoms with van der Waals surface area (Å²) in [5.41, 5.74) is 1.50. The topological polar surface area (TPSA) is 337 Å². The molecule has 0 saturated carbocycles. The number of nitrogens with zero attached hydrogens (tertiary/aromatic N) is 8. The molecule has 2 aromatic rings. The molecule has 4 rings (SSSR count). The van der Waals surface area contributed by atoms with Crippen molar-refractivity contribution in [3.05, 3.63) is 65.2 Å². The second-order valence-electron chi connectivity index (χ2n) is 32.6. The molecule has 0 aromatic heterocycles. The van der Waals surface area contributed by atoms with Gasteiger partial charge in [-0.15, -0.1) is 0 Å². The minimum Gasteiger partial charge on any atom is -0.496 e. The number of benzene rings is 2. The molecule has 6 N–H and O–H groups in total. The van der Waals surface area contributed by atoms with Gasteiger partial charge in [0.2, 0.25) is 70.9 Å². The number of likely N-dealkylation sites (N-methyl/N-ethyl adjacent to an activating group) is 6. The molecular weight excluding hydrogens is 1410 g/mol. The van der Waals surface area contributed by atoms with Crippen LogP contribution in [0.4, 0.5) is 0 Å². The van der Waals surface area contributed by atoms with E-state index in [9.17, 15) is 29.1 Å². The highest BCUT2D eigenvalue weighted by atomic mass is 16.5. The summed E-state index contributed by atoms with van der Waals surface area (Å²) in [6.07, 6.45) is 0.939. The molecule has 2 aromatic carbocycles. The highest BCUT2D eigenvalue weighted by molar-refractivity contribution is 6.00. The summed E-state index contributed by atoms with van der Waals surface area (Å²) in [6.45, 7) is 24.3. The Bertz CT molecular complexity index is 3430. The minimum absolute atomic E-state index is 0.00354. The molecule has 12 atom stereocenters. The smallest absolute Gasteiger partial charge is 0.254 e. The van der Waals surface area contributed by atoms with Crippen molar-refractivity contribution in [3.63, 3.8) is 0 Å². The first-order valence-electron chi connectivity index (χ1n) is 39.6. The summed E-state index contributed by atoms with van der Waals surface area (Å²) >= 11 is 0. The van der Waals surface area contributed by atoms with E-state index in [1.165, 1.54) is 99.8 Å². The van der Waals surface area contributed by atoms with Gasteiger partial charge in [0.05, 0.1) is 25.2 Å². The average molecular weight is 1540 g/mol. The molecule has 0 unspecified atom stereocenters. The fourth-order valence-electron chi connectivity index (χ4n) is 14.3. The van der Waals surface area contributed by atoms with E-state index in [0.29, 0.717) is 43.5 Å². The molecule has 28 heteroatoms. The Labute approximate surface area is 654 Å². The molecule has 110 heavy (non-hydrogen) atoms. The van der Waals surface area contributed by atoms with E-state index in [2.05, 4.69) is 26.6 Å². The number of carbonyl (C=O) groups excluding carboxylic acids is 13. The third-order valence-electron chi connectivity index (χ3n) is 21.3. The zero-order valence-corrected chi connectivity index (χ0v) is 69.9. The normalized spacial score (nSPS) is 24.3. The molecule has 0 bridgehead atoms. The van der Waals surface area contributed by atoms with Crippen LogP contribution < -0.4 is 31.3 Å². The predicted octanol–water partition coefficient (Wildman–Crippen LogP) is 5.44. The lowest BCUT2D eigenvalue weighted by molar-refractivity contribution is -0.152. The Hall–Kier alpha value is -8.69. The highest BCUT2D eigenvalue weighted by Gasteiger charge is 2.45. The van der Waals surface area contributed by atoms with E-state index in [1.54, 1.807) is 60.4 Å². The number of rotatable bonds is 21. The van der Waals surface area contributed by atoms with Crippen LogP contribution in [0.15, 0.2) is 48.5 Å². The number of nitrogens with one attached hydrogen (secondary N) is 5. The number of aryl methyl sites for hydroxylation is 1. The third-order valence-corrected chi connectivity index (χ3v) is 21.3. The molecular formula is C82H133N13O15. The van der Waals surface area contributed by atoms with Crippen LogP contribution in [0.1, 0.15) is 195 Å². The lowest BCUT2D eigenvalue weighted by atomic mass is 9.94. The van der Waals surface area contributed by atoms with E-state index in [0.717, 1.165) is 11.3 Å². The number of aliphatic hydroxyl groups is 1. The van der Waals surface area contributed by atoms with Crippen molar-refractivity contribution in [3.8, 4) is 5.75 Å². The van der Waals surface area contributed by atoms with Gasteiger partial charge in [0.25, 0.3) is 5.91 Å². The third kappa shape index (κ3) is 26.8. The summed E-state index contributed by atoms with van der Waals surface area (Å²) in [6, 6.07) is 0.484. The largest absolute Gasteiger partial charge is 0.496 e. The Morgan fingerprint density at radius 3 is 1.44 bits per heavy atom. The maximum Gasteiger partial charge on any atom is 0.254 e. The lowest BCUT2D eigenvalue weighted by Crippen LogP contribution is -2.63. The molecule has 2 saturated heterocycles. The molecule has 2 aliphatic heterocycles. The number of methoxy groups -OCH3 is 1. The Kier molecular flexibility index (Phi) is 37.8. The van der Waals surface area contributed by atoms with Crippen molar-refractivity contribution in [2.75, 3.05) is 83.1 Å². The molecule has 2 fully saturated rings. The van der Waals surface area contributed by atoms with Gasteiger partial charge in [-0.3, -0.25) is 62.3 Å². The number of likely N-dealkylation sites (tertiary alicyclic amines) is 1. The molecule has 0 spiro atoms. The maximum atomic E-state index is 15.8. The number of piperidine rings is 1. The second kappa shape index (κ2) is 44.4. The molecule has 2 aliphatic rings. The van der Waals surface area contributed by atoms with Gasteiger partial charge in [-0.25, -0.2) is 0 Å². The van der Waals surface area contributed by atoms with Gasteiger partial charge >= 0.3 is 0 Å². The zero-order chi connectivity index (χ0) is 82.9. The van der Waals surface area contributed by atoms with Crippen LogP contribution in [0.25, 0.3) is 0 Å². The van der Waals surface area contributed by atoms with Crippen LogP contribution in [0, 0.1) is 35.5 Å². The van der Waals surface area contributed by atoms with Crippen LogP contribution in [0.2, 0.25) is 0 Å². The summed E-state index contributed by atoms with van der Waals surface area (Å²) in [5.74, 6) is -9.80. The first kappa shape index (κ1) is 93.7. The van der Waals surface area contributed by atoms with Crippen molar-refractivity contribution in [2.24, 2.45) is 35.5 Å². The summed E-state index contributed by atoms with van der Waals surface area (Å²) < 4.78 is 5.63. The summed E-state index contributed by atoms with van der Waals surface area (Å²) in [4.78, 5) is 205. The van der Waals surface area contributed by atoms with E-state index in [-0.39, 0.29) is 112 Å². The standard InChI is InChI=1S/C82H133N13O15/c1-23-54(12)70-81(108)94(21)66(46-56-31-26-24-27-32-56)80(107)92(19)62(42-50(4)5)73(100)84-59(37-35-57-34-36-58(72(99)83-14)67(47-57)110-22)77(104)90(17)64(44-52(8)9)76(103)87-71(55(13)96)82(109)93(20)65(45-53(10)11)79(106)91(18)63(43-51(6)7)74(101)85-60(78(105)95-39-28-25-29-40-95)48-69(98)88(15)38-30-33-68(97)89(16)61(41-49(2)3)75(102)86-70/h24,26-27,31-32,34,36,47,49-55,59-66,70-71,96H,23,25,28-30,33,35,37-46,48H2,1-22H3,(H,83,99)(H,84,100)(H,85,101)(H,86,102)(H,87,103)/t54-,55+,59-,60-,61-,62-,63-,64-,65-,66-,70-,71-/m0/s1. The van der Waals surface area contributed by atoms with Crippen molar-refractivity contribution in [1.29, 1.82) is 0 Å². The molecule has 13 amide bonds. The van der Waals surface area contributed by atoms with Gasteiger partial charge in [0.1, 0.15) is 66.2 Å². The quantitative estimate of drug-likeness (QED) is 0.0906. The van der Waals surface area contributed by atoms with Crippen LogP contribution in [0.3, 0.4) is 0 Å². The Morgan fingerprint density at radius 2 is 0.945 bits per heavy atom. The van der Waals surface area contributed by atoms with Gasteiger partial charge in [-0.05, 0) is 136 Å². The predicted molar refractivity (Wildman–Crippen MR) is 422 cm³/mol. The molecule has 2 heterocycles. The number of hydrogen-bond acceptors (Lipinski definition) is 15. The van der Waals surface area contributed by atoms with Crippen LogP contribution in [-0.2, 0) is 70.4 Å². The SMILES string of the molecule is CC[C@H](C)[C@@H]1NC(=O)[C@H](CC(C)C)N(C)C(=O)CCCN(C)C(=O)C[C@@H](C(=O)N2CCCCC2)NC(=O)[C@H](CC(C)C)N(C)C(=O)[C@H](CC(C)C)N(C)C(=O)[C@H]([C@@H](C)O)NC(=O)[C@H](CC(C)C)N(C)C(=O)[C@H](CCc2ccc(C(=O)NC)c(OC)c2)NC(=O)[C@H](CC(C)C)N(C)C(=O)[C@H](Cc2ccccc2)N(C)C1=O. The number of hydrogen-bond donors (Lipinski definition) is 6. The summed E-state index contributed by atoms with van der Waals surface area (Å²) in [7, 11) is 13.0. The van der Waals surface area contributed by atoms with E-state index in [4.69, 9.17) is 4.74 Å². The fourth-order valence-corrected chi connectivity index (χ4v) is 14.3. The van der Waals surface area contributed by atoms with E-state index < -0.39 is 156 Å². The Balaban J connectivity index is 2.02. The molecule has 616 valence electrons. The summed E-state index contributed by atoms with van der Waals surface area (Å²) in [5, 5.41) is 25.8. The fraction of sp³-hybridized carbons (Fsp3) is 0.695. The first-order chi connectivity index (χ1) is 51.6. The van der Waals surface area contributed by atoms with Crippen molar-refractivity contribution in [1.82, 2.24) is 65.8 Å². The van der Waals surface area contributed by atoms with Crippen molar-refractivity contribution < 1.29 is 72.2 Å². The second-order valence-corrected chi connectivity index (χ2v) is 32.6. The van der Waals surface area contributed by atoms with Crippen molar-refractivity contribution >= 4 is 76.8 Å². The maximum absolute atomic E-state index is 15.8. The molecule has 0 radical (unpaired) electrons. The number of aliphatic hydroxyl groups excluding tert-OH is 1. The zero-order valence-electron chi connectivity index (χ0n) is 69.9. The van der Waals surface area contributed by atoms with Gasteiger partial charge < -0.3 is 75.6 Å². The van der Waals surface area contributed by atoms with Crippen LogP contribution in [-0.4, -0.2) is 271 Å². The number of ether oxygens (including phenoxy) is 1. The van der Waals surface area contributed by atoms with Gasteiger partial charge in [-0.2, -0.15) is 0 Å². The van der Waals surface area contributed by atoms with E-state index in [1.807, 2.05) is 76.2 Å². The van der Waals surface area contributed by atoms with Gasteiger partial charge in [0.15, 0.2) is 0 Å². The van der Waals surface area contributed by atoms with Crippen molar-refractivity contribution in [2.45, 2.75) is 253 Å². The number of carbonyl (C=O) groups is 13. The van der Waals surface area contributed by atoms with Crippen LogP contribution in [0.5, 0.6) is 5.75 Å². The minimum atomic E-state index is -1.72. The van der Waals surface area contributed by atoms with Gasteiger partial charge in [-0.1, -0.05) is 126 Å². The highest BCUT2D eigenvalue weighted by Crippen LogP contribution is 2.27. The Morgan fingerprint density at radius 1 is 0.500 bits per heavy atom. The lowest BCUT2D eigenvalue weighted by Gasteiger charge is -2.39. The first-order valence-corrected chi connectivity index (χ1v) is 39.6. The molecule has 0 aliphatic carbocycles. The van der Waals surface area contributed by atoms with Crippen LogP contribution >= 0.6 is 0 Å².